The minimum absolute atomic E-state index is 0.0450. The molecule has 0 spiro atoms. The molecule has 7 heteroatoms. The maximum Gasteiger partial charge on any atom is 0.391 e. The van der Waals surface area contributed by atoms with E-state index >= 15 is 0 Å². The van der Waals surface area contributed by atoms with Crippen LogP contribution in [0.3, 0.4) is 0 Å². The van der Waals surface area contributed by atoms with E-state index in [0.29, 0.717) is 0 Å². The SMILES string of the molecule is N#CCCOP(OO)OO. The van der Waals surface area contributed by atoms with Gasteiger partial charge in [0.05, 0.1) is 19.1 Å². The molecule has 0 saturated heterocycles. The Hall–Kier alpha value is -0.280. The second-order valence-electron chi connectivity index (χ2n) is 1.13. The molecule has 0 unspecified atom stereocenters. The lowest BCUT2D eigenvalue weighted by molar-refractivity contribution is -0.212. The van der Waals surface area contributed by atoms with Crippen LogP contribution in [0.5, 0.6) is 0 Å². The van der Waals surface area contributed by atoms with Crippen LogP contribution >= 0.6 is 8.60 Å². The average molecular weight is 167 g/mol. The Kier molecular flexibility index (Phi) is 6.64. The minimum Gasteiger partial charge on any atom is -0.308 e. The van der Waals surface area contributed by atoms with Crippen molar-refractivity contribution in [1.29, 1.82) is 5.26 Å². The highest BCUT2D eigenvalue weighted by Crippen LogP contribution is 2.36. The Labute approximate surface area is 58.4 Å². The van der Waals surface area contributed by atoms with E-state index in [0.717, 1.165) is 0 Å². The van der Waals surface area contributed by atoms with E-state index in [1.807, 2.05) is 0 Å². The van der Waals surface area contributed by atoms with Gasteiger partial charge in [-0.15, -0.1) is 0 Å². The van der Waals surface area contributed by atoms with Crippen LogP contribution in [-0.2, 0) is 13.9 Å². The van der Waals surface area contributed by atoms with Crippen molar-refractivity contribution in [3.8, 4) is 6.07 Å². The van der Waals surface area contributed by atoms with E-state index < -0.39 is 8.60 Å². The van der Waals surface area contributed by atoms with Crippen LogP contribution in [0.4, 0.5) is 0 Å². The number of nitriles is 1. The molecule has 0 bridgehead atoms. The van der Waals surface area contributed by atoms with Crippen molar-refractivity contribution in [1.82, 2.24) is 0 Å². The third-order valence-corrected chi connectivity index (χ3v) is 1.20. The smallest absolute Gasteiger partial charge is 0.308 e. The molecule has 0 aliphatic carbocycles. The van der Waals surface area contributed by atoms with Crippen LogP contribution in [0.25, 0.3) is 0 Å². The molecule has 0 aromatic rings. The second kappa shape index (κ2) is 6.83. The van der Waals surface area contributed by atoms with Crippen molar-refractivity contribution >= 4 is 8.60 Å². The maximum atomic E-state index is 8.00. The molecule has 0 heterocycles. The monoisotopic (exact) mass is 167 g/mol. The van der Waals surface area contributed by atoms with Gasteiger partial charge in [-0.05, 0) is 0 Å². The van der Waals surface area contributed by atoms with Crippen molar-refractivity contribution in [3.63, 3.8) is 0 Å². The van der Waals surface area contributed by atoms with Gasteiger partial charge in [-0.1, -0.05) is 0 Å². The van der Waals surface area contributed by atoms with Crippen molar-refractivity contribution in [2.75, 3.05) is 6.61 Å². The zero-order valence-corrected chi connectivity index (χ0v) is 5.82. The second-order valence-corrected chi connectivity index (χ2v) is 2.16. The molecular formula is C3H6NO5P. The van der Waals surface area contributed by atoms with Gasteiger partial charge in [0.15, 0.2) is 0 Å². The standard InChI is InChI=1S/C3H6NO5P/c4-2-1-3-7-10(8-5)9-6/h5-6H,1,3H2. The first-order valence-electron chi connectivity index (χ1n) is 2.28. The summed E-state index contributed by atoms with van der Waals surface area (Å²) in [6.07, 6.45) is 0.144. The first-order valence-corrected chi connectivity index (χ1v) is 3.37. The van der Waals surface area contributed by atoms with Gasteiger partial charge >= 0.3 is 8.60 Å². The van der Waals surface area contributed by atoms with Gasteiger partial charge in [0.25, 0.3) is 0 Å². The van der Waals surface area contributed by atoms with Crippen LogP contribution in [0.1, 0.15) is 6.42 Å². The summed E-state index contributed by atoms with van der Waals surface area (Å²) in [5.74, 6) is 0. The molecule has 58 valence electrons. The average Bonchev–Trinajstić information content (AvgIpc) is 1.99. The predicted molar refractivity (Wildman–Crippen MR) is 30.5 cm³/mol. The topological polar surface area (TPSA) is 91.9 Å². The van der Waals surface area contributed by atoms with Gasteiger partial charge in [0, 0.05) is 0 Å². The fraction of sp³-hybridized carbons (Fsp3) is 0.667. The molecule has 0 aromatic carbocycles. The van der Waals surface area contributed by atoms with Gasteiger partial charge < -0.3 is 4.52 Å². The Bertz CT molecular complexity index is 110. The van der Waals surface area contributed by atoms with E-state index in [9.17, 15) is 0 Å². The summed E-state index contributed by atoms with van der Waals surface area (Å²) in [5, 5.41) is 23.7. The van der Waals surface area contributed by atoms with E-state index in [1.165, 1.54) is 0 Å². The zero-order chi connectivity index (χ0) is 7.82. The number of nitrogens with zero attached hydrogens (tertiary/aromatic N) is 1. The van der Waals surface area contributed by atoms with E-state index in [2.05, 4.69) is 13.9 Å². The molecule has 0 rings (SSSR count). The van der Waals surface area contributed by atoms with Gasteiger partial charge in [-0.3, -0.25) is 0 Å². The molecule has 2 N–H and O–H groups in total. The van der Waals surface area contributed by atoms with Gasteiger partial charge in [0.2, 0.25) is 0 Å². The van der Waals surface area contributed by atoms with Crippen LogP contribution < -0.4 is 0 Å². The molecular weight excluding hydrogens is 161 g/mol. The molecule has 0 aliphatic heterocycles. The zero-order valence-electron chi connectivity index (χ0n) is 4.93. The highest BCUT2D eigenvalue weighted by Gasteiger charge is 2.10. The van der Waals surface area contributed by atoms with Crippen LogP contribution in [0, 0.1) is 11.3 Å². The normalized spacial score (nSPS) is 9.80. The Morgan fingerprint density at radius 3 is 2.40 bits per heavy atom. The van der Waals surface area contributed by atoms with Gasteiger partial charge in [0.1, 0.15) is 0 Å². The molecule has 0 amide bonds. The van der Waals surface area contributed by atoms with Crippen molar-refractivity contribution in [2.45, 2.75) is 6.42 Å². The highest BCUT2D eigenvalue weighted by atomic mass is 31.2. The molecule has 6 nitrogen and oxygen atoms in total. The first kappa shape index (κ1) is 9.72. The van der Waals surface area contributed by atoms with Gasteiger partial charge in [-0.25, -0.2) is 10.5 Å². The quantitative estimate of drug-likeness (QED) is 0.276. The van der Waals surface area contributed by atoms with E-state index in [4.69, 9.17) is 15.8 Å². The fourth-order valence-corrected chi connectivity index (χ4v) is 0.592. The summed E-state index contributed by atoms with van der Waals surface area (Å²) in [5.41, 5.74) is 0. The van der Waals surface area contributed by atoms with Crippen LogP contribution in [-0.4, -0.2) is 17.1 Å². The van der Waals surface area contributed by atoms with Gasteiger partial charge in [-0.2, -0.15) is 14.6 Å². The molecule has 0 fully saturated rings. The highest BCUT2D eigenvalue weighted by molar-refractivity contribution is 7.41. The maximum absolute atomic E-state index is 8.00. The van der Waals surface area contributed by atoms with Crippen LogP contribution in [0.2, 0.25) is 0 Å². The summed E-state index contributed by atoms with van der Waals surface area (Å²) in [7, 11) is -2.11. The number of rotatable bonds is 5. The van der Waals surface area contributed by atoms with E-state index in [1.54, 1.807) is 6.07 Å². The third kappa shape index (κ3) is 4.58. The lowest BCUT2D eigenvalue weighted by Gasteiger charge is -2.04. The van der Waals surface area contributed by atoms with E-state index in [-0.39, 0.29) is 13.0 Å². The third-order valence-electron chi connectivity index (χ3n) is 0.544. The van der Waals surface area contributed by atoms with Crippen LogP contribution in [0.15, 0.2) is 0 Å². The molecule has 10 heavy (non-hydrogen) atoms. The molecule has 0 radical (unpaired) electrons. The summed E-state index contributed by atoms with van der Waals surface area (Å²) >= 11 is 0. The lowest BCUT2D eigenvalue weighted by atomic mass is 10.5. The van der Waals surface area contributed by atoms with Crippen molar-refractivity contribution < 1.29 is 24.4 Å². The summed E-state index contributed by atoms with van der Waals surface area (Å²) in [6.45, 7) is 0.0450. The van der Waals surface area contributed by atoms with Crippen molar-refractivity contribution in [3.05, 3.63) is 0 Å². The lowest BCUT2D eigenvalue weighted by Crippen LogP contribution is -1.91. The summed E-state index contributed by atoms with van der Waals surface area (Å²) in [4.78, 5) is 0. The fourth-order valence-electron chi connectivity index (χ4n) is 0.228. The Morgan fingerprint density at radius 2 is 2.00 bits per heavy atom. The predicted octanol–water partition coefficient (Wildman–Crippen LogP) is 1.12. The van der Waals surface area contributed by atoms with Crippen molar-refractivity contribution in [2.24, 2.45) is 0 Å². The molecule has 0 aliphatic rings. The number of hydrogen-bond donors (Lipinski definition) is 2. The minimum atomic E-state index is -2.11. The molecule has 0 aromatic heterocycles. The summed E-state index contributed by atoms with van der Waals surface area (Å²) in [6, 6.07) is 1.78. The summed E-state index contributed by atoms with van der Waals surface area (Å²) < 4.78 is 11.5. The Morgan fingerprint density at radius 1 is 1.40 bits per heavy atom. The Balaban J connectivity index is 3.19. The molecule has 0 atom stereocenters. The largest absolute Gasteiger partial charge is 0.391 e. The molecule has 0 saturated carbocycles. The first-order chi connectivity index (χ1) is 4.85. The number of hydrogen-bond acceptors (Lipinski definition) is 6.